The number of hydrogen-bond donors (Lipinski definition) is 2. The molecular weight excluding hydrogens is 288 g/mol. The minimum Gasteiger partial charge on any atom is -0.381 e. The van der Waals surface area contributed by atoms with E-state index in [1.54, 1.807) is 0 Å². The summed E-state index contributed by atoms with van der Waals surface area (Å²) in [4.78, 5) is 0. The molecule has 0 spiro atoms. The molecule has 2 nitrogen and oxygen atoms in total. The Morgan fingerprint density at radius 2 is 1.72 bits per heavy atom. The summed E-state index contributed by atoms with van der Waals surface area (Å²) < 4.78 is 1.09. The van der Waals surface area contributed by atoms with Crippen LogP contribution < -0.4 is 11.1 Å². The van der Waals surface area contributed by atoms with E-state index in [9.17, 15) is 0 Å². The summed E-state index contributed by atoms with van der Waals surface area (Å²) in [6.45, 7) is 3.52. The second kappa shape index (κ2) is 6.03. The highest BCUT2D eigenvalue weighted by Gasteiger charge is 1.99. The molecule has 0 amide bonds. The van der Waals surface area contributed by atoms with E-state index in [1.165, 1.54) is 11.1 Å². The van der Waals surface area contributed by atoms with Crippen LogP contribution in [0.4, 0.5) is 5.69 Å². The number of halogens is 1. The van der Waals surface area contributed by atoms with Gasteiger partial charge in [0.15, 0.2) is 0 Å². The second-order valence-electron chi connectivity index (χ2n) is 4.33. The van der Waals surface area contributed by atoms with E-state index >= 15 is 0 Å². The molecule has 94 valence electrons. The van der Waals surface area contributed by atoms with E-state index in [4.69, 9.17) is 5.73 Å². The van der Waals surface area contributed by atoms with Gasteiger partial charge in [-0.1, -0.05) is 46.3 Å². The largest absolute Gasteiger partial charge is 0.381 e. The highest BCUT2D eigenvalue weighted by molar-refractivity contribution is 9.10. The van der Waals surface area contributed by atoms with Crippen molar-refractivity contribution in [3.05, 3.63) is 63.6 Å². The van der Waals surface area contributed by atoms with Crippen LogP contribution in [0.5, 0.6) is 0 Å². The zero-order valence-electron chi connectivity index (χ0n) is 10.4. The predicted octanol–water partition coefficient (Wildman–Crippen LogP) is 3.83. The zero-order valence-corrected chi connectivity index (χ0v) is 12.0. The third kappa shape index (κ3) is 3.34. The van der Waals surface area contributed by atoms with E-state index in [0.717, 1.165) is 22.3 Å². The Balaban J connectivity index is 2.04. The first-order chi connectivity index (χ1) is 8.69. The molecule has 2 aromatic rings. The predicted molar refractivity (Wildman–Crippen MR) is 80.5 cm³/mol. The number of aryl methyl sites for hydroxylation is 1. The molecule has 0 aliphatic rings. The van der Waals surface area contributed by atoms with E-state index < -0.39 is 0 Å². The quantitative estimate of drug-likeness (QED) is 0.901. The first-order valence-corrected chi connectivity index (χ1v) is 6.76. The van der Waals surface area contributed by atoms with E-state index in [-0.39, 0.29) is 0 Å². The van der Waals surface area contributed by atoms with Crippen LogP contribution in [-0.2, 0) is 13.1 Å². The lowest BCUT2D eigenvalue weighted by molar-refractivity contribution is 1.06. The van der Waals surface area contributed by atoms with Crippen LogP contribution in [0.1, 0.15) is 16.7 Å². The number of nitrogens with two attached hydrogens (primary N) is 1. The lowest BCUT2D eigenvalue weighted by Crippen LogP contribution is -2.02. The normalized spacial score (nSPS) is 10.4. The van der Waals surface area contributed by atoms with Gasteiger partial charge in [-0.3, -0.25) is 0 Å². The summed E-state index contributed by atoms with van der Waals surface area (Å²) >= 11 is 3.49. The topological polar surface area (TPSA) is 38.0 Å². The van der Waals surface area contributed by atoms with Gasteiger partial charge in [0.25, 0.3) is 0 Å². The summed E-state index contributed by atoms with van der Waals surface area (Å²) in [6, 6.07) is 14.6. The lowest BCUT2D eigenvalue weighted by atomic mass is 10.1. The first-order valence-electron chi connectivity index (χ1n) is 5.97. The third-order valence-electron chi connectivity index (χ3n) is 2.94. The highest BCUT2D eigenvalue weighted by atomic mass is 79.9. The van der Waals surface area contributed by atoms with Gasteiger partial charge in [-0.2, -0.15) is 0 Å². The average Bonchev–Trinajstić information content (AvgIpc) is 2.40. The molecule has 0 saturated carbocycles. The minimum absolute atomic E-state index is 0.596. The van der Waals surface area contributed by atoms with Gasteiger partial charge in [-0.15, -0.1) is 0 Å². The molecule has 0 atom stereocenters. The van der Waals surface area contributed by atoms with Gasteiger partial charge in [0.2, 0.25) is 0 Å². The van der Waals surface area contributed by atoms with E-state index in [2.05, 4.69) is 70.6 Å². The van der Waals surface area contributed by atoms with Gasteiger partial charge >= 0.3 is 0 Å². The smallest absolute Gasteiger partial charge is 0.0400 e. The van der Waals surface area contributed by atoms with Crippen LogP contribution >= 0.6 is 15.9 Å². The average molecular weight is 305 g/mol. The summed E-state index contributed by atoms with van der Waals surface area (Å²) in [5, 5.41) is 3.45. The van der Waals surface area contributed by atoms with Gasteiger partial charge in [-0.05, 0) is 35.7 Å². The Bertz CT molecular complexity index is 521. The van der Waals surface area contributed by atoms with Gasteiger partial charge in [-0.25, -0.2) is 0 Å². The van der Waals surface area contributed by atoms with Gasteiger partial charge in [0.1, 0.15) is 0 Å². The molecule has 2 aromatic carbocycles. The maximum atomic E-state index is 5.58. The third-order valence-corrected chi connectivity index (χ3v) is 3.43. The number of anilines is 1. The molecule has 0 unspecified atom stereocenters. The van der Waals surface area contributed by atoms with Crippen LogP contribution in [0.2, 0.25) is 0 Å². The molecule has 0 fully saturated rings. The van der Waals surface area contributed by atoms with Crippen LogP contribution in [-0.4, -0.2) is 0 Å². The van der Waals surface area contributed by atoms with Crippen molar-refractivity contribution < 1.29 is 0 Å². The SMILES string of the molecule is Cc1ccc(Br)cc1NCc1ccc(CN)cc1. The zero-order chi connectivity index (χ0) is 13.0. The van der Waals surface area contributed by atoms with Crippen molar-refractivity contribution in [1.82, 2.24) is 0 Å². The molecule has 3 N–H and O–H groups in total. The van der Waals surface area contributed by atoms with Crippen molar-refractivity contribution in [2.24, 2.45) is 5.73 Å². The van der Waals surface area contributed by atoms with Crippen LogP contribution in [0.15, 0.2) is 46.9 Å². The highest BCUT2D eigenvalue weighted by Crippen LogP contribution is 2.21. The maximum absolute atomic E-state index is 5.58. The minimum atomic E-state index is 0.596. The summed E-state index contributed by atoms with van der Waals surface area (Å²) in [7, 11) is 0. The summed E-state index contributed by atoms with van der Waals surface area (Å²) in [6.07, 6.45) is 0. The fourth-order valence-electron chi connectivity index (χ4n) is 1.78. The van der Waals surface area contributed by atoms with Gasteiger partial charge in [0, 0.05) is 23.2 Å². The Hall–Kier alpha value is -1.32. The molecule has 18 heavy (non-hydrogen) atoms. The Morgan fingerprint density at radius 1 is 1.06 bits per heavy atom. The lowest BCUT2D eigenvalue weighted by Gasteiger charge is -2.10. The Morgan fingerprint density at radius 3 is 2.39 bits per heavy atom. The molecule has 0 heterocycles. The molecule has 3 heteroatoms. The molecule has 0 radical (unpaired) electrons. The number of rotatable bonds is 4. The van der Waals surface area contributed by atoms with Crippen molar-refractivity contribution >= 4 is 21.6 Å². The van der Waals surface area contributed by atoms with Crippen molar-refractivity contribution in [3.63, 3.8) is 0 Å². The molecule has 0 aromatic heterocycles. The number of hydrogen-bond acceptors (Lipinski definition) is 2. The van der Waals surface area contributed by atoms with Gasteiger partial charge in [0.05, 0.1) is 0 Å². The number of nitrogens with one attached hydrogen (secondary N) is 1. The fourth-order valence-corrected chi connectivity index (χ4v) is 2.14. The second-order valence-corrected chi connectivity index (χ2v) is 5.25. The molecule has 0 bridgehead atoms. The fraction of sp³-hybridized carbons (Fsp3) is 0.200. The first kappa shape index (κ1) is 13.1. The molecule has 0 aliphatic carbocycles. The van der Waals surface area contributed by atoms with Crippen LogP contribution in [0.25, 0.3) is 0 Å². The molecule has 0 saturated heterocycles. The van der Waals surface area contributed by atoms with Gasteiger partial charge < -0.3 is 11.1 Å². The van der Waals surface area contributed by atoms with Crippen molar-refractivity contribution in [3.8, 4) is 0 Å². The number of benzene rings is 2. The van der Waals surface area contributed by atoms with Crippen LogP contribution in [0.3, 0.4) is 0 Å². The Kier molecular flexibility index (Phi) is 4.39. The molecule has 2 rings (SSSR count). The molecular formula is C15H17BrN2. The monoisotopic (exact) mass is 304 g/mol. The van der Waals surface area contributed by atoms with Crippen molar-refractivity contribution in [1.29, 1.82) is 0 Å². The molecule has 0 aliphatic heterocycles. The van der Waals surface area contributed by atoms with E-state index in [1.807, 2.05) is 0 Å². The summed E-state index contributed by atoms with van der Waals surface area (Å²) in [5.74, 6) is 0. The van der Waals surface area contributed by atoms with E-state index in [0.29, 0.717) is 6.54 Å². The summed E-state index contributed by atoms with van der Waals surface area (Å²) in [5.41, 5.74) is 10.4. The Labute approximate surface area is 116 Å². The standard InChI is InChI=1S/C15H17BrN2/c1-11-2-7-14(16)8-15(11)18-10-13-5-3-12(9-17)4-6-13/h2-8,18H,9-10,17H2,1H3. The van der Waals surface area contributed by atoms with Crippen molar-refractivity contribution in [2.75, 3.05) is 5.32 Å². The van der Waals surface area contributed by atoms with Crippen molar-refractivity contribution in [2.45, 2.75) is 20.0 Å². The van der Waals surface area contributed by atoms with Crippen LogP contribution in [0, 0.1) is 6.92 Å². The maximum Gasteiger partial charge on any atom is 0.0400 e.